The topological polar surface area (TPSA) is 29.5 Å². The molecular formula is C12H18Cl3NO2. The second-order valence-electron chi connectivity index (χ2n) is 4.54. The van der Waals surface area contributed by atoms with E-state index in [2.05, 4.69) is 6.58 Å². The van der Waals surface area contributed by atoms with E-state index in [1.165, 1.54) is 0 Å². The van der Waals surface area contributed by atoms with E-state index in [1.54, 1.807) is 4.90 Å². The van der Waals surface area contributed by atoms with Crippen molar-refractivity contribution < 1.29 is 9.53 Å². The lowest BCUT2D eigenvalue weighted by Crippen LogP contribution is -2.49. The van der Waals surface area contributed by atoms with Gasteiger partial charge in [-0.25, -0.2) is 4.79 Å². The van der Waals surface area contributed by atoms with Gasteiger partial charge in [0.1, 0.15) is 6.61 Å². The third-order valence-corrected chi connectivity index (χ3v) is 3.36. The Labute approximate surface area is 123 Å². The molecule has 6 heteroatoms. The molecular weight excluding hydrogens is 296 g/mol. The molecule has 0 aromatic heterocycles. The van der Waals surface area contributed by atoms with E-state index in [-0.39, 0.29) is 18.7 Å². The van der Waals surface area contributed by atoms with Crippen molar-refractivity contribution in [2.75, 3.05) is 6.61 Å². The van der Waals surface area contributed by atoms with Gasteiger partial charge >= 0.3 is 6.09 Å². The summed E-state index contributed by atoms with van der Waals surface area (Å²) in [6.45, 7) is 5.49. The maximum atomic E-state index is 12.0. The van der Waals surface area contributed by atoms with E-state index in [9.17, 15) is 4.79 Å². The Morgan fingerprint density at radius 1 is 1.50 bits per heavy atom. The van der Waals surface area contributed by atoms with Crippen molar-refractivity contribution in [2.24, 2.45) is 0 Å². The highest BCUT2D eigenvalue weighted by Crippen LogP contribution is 2.29. The fraction of sp³-hybridized carbons (Fsp3) is 0.750. The molecule has 0 aliphatic carbocycles. The predicted octanol–water partition coefficient (Wildman–Crippen LogP) is 4.31. The number of ether oxygens (including phenoxy) is 1. The third kappa shape index (κ3) is 4.87. The first-order valence-corrected chi connectivity index (χ1v) is 7.11. The highest BCUT2D eigenvalue weighted by molar-refractivity contribution is 6.67. The van der Waals surface area contributed by atoms with Crippen molar-refractivity contribution >= 4 is 40.9 Å². The van der Waals surface area contributed by atoms with Crippen molar-refractivity contribution in [1.29, 1.82) is 0 Å². The van der Waals surface area contributed by atoms with Crippen molar-refractivity contribution in [3.63, 3.8) is 0 Å². The average molecular weight is 315 g/mol. The van der Waals surface area contributed by atoms with Crippen LogP contribution in [0.5, 0.6) is 0 Å². The first-order chi connectivity index (χ1) is 8.35. The Morgan fingerprint density at radius 3 is 2.72 bits per heavy atom. The molecule has 1 aliphatic heterocycles. The second kappa shape index (κ2) is 6.88. The van der Waals surface area contributed by atoms with Gasteiger partial charge in [0.05, 0.1) is 0 Å². The summed E-state index contributed by atoms with van der Waals surface area (Å²) >= 11 is 16.7. The molecule has 3 nitrogen and oxygen atoms in total. The Morgan fingerprint density at radius 2 is 2.17 bits per heavy atom. The lowest BCUT2D eigenvalue weighted by molar-refractivity contribution is 0.0523. The summed E-state index contributed by atoms with van der Waals surface area (Å²) in [5.41, 5.74) is 0. The van der Waals surface area contributed by atoms with Crippen LogP contribution in [-0.2, 0) is 4.74 Å². The van der Waals surface area contributed by atoms with Gasteiger partial charge in [0, 0.05) is 12.1 Å². The molecule has 1 heterocycles. The standard InChI is InChI=1S/C12H18Cl3NO2/c1-3-5-10-7-4-6-9(2)16(10)11(17)18-8-12(13,14)15/h3,9-10H,1,4-8H2,2H3/t9-,10-/m1/s1. The van der Waals surface area contributed by atoms with Gasteiger partial charge in [0.15, 0.2) is 0 Å². The summed E-state index contributed by atoms with van der Waals surface area (Å²) in [5, 5.41) is 0. The molecule has 0 bridgehead atoms. The van der Waals surface area contributed by atoms with Crippen LogP contribution in [0.25, 0.3) is 0 Å². The second-order valence-corrected chi connectivity index (χ2v) is 7.05. The SMILES string of the molecule is C=CC[C@@H]1CCC[C@@H](C)N1C(=O)OCC(Cl)(Cl)Cl. The lowest BCUT2D eigenvalue weighted by Gasteiger charge is -2.39. The molecule has 0 radical (unpaired) electrons. The van der Waals surface area contributed by atoms with Gasteiger partial charge in [-0.3, -0.25) is 0 Å². The van der Waals surface area contributed by atoms with Crippen molar-refractivity contribution in [3.8, 4) is 0 Å². The van der Waals surface area contributed by atoms with Gasteiger partial charge in [-0.2, -0.15) is 0 Å². The minimum absolute atomic E-state index is 0.133. The number of carbonyl (C=O) groups excluding carboxylic acids is 1. The van der Waals surface area contributed by atoms with E-state index < -0.39 is 9.89 Å². The molecule has 104 valence electrons. The number of hydrogen-bond donors (Lipinski definition) is 0. The van der Waals surface area contributed by atoms with Crippen LogP contribution in [0.3, 0.4) is 0 Å². The van der Waals surface area contributed by atoms with Crippen molar-refractivity contribution in [3.05, 3.63) is 12.7 Å². The van der Waals surface area contributed by atoms with Crippen LogP contribution in [0.2, 0.25) is 0 Å². The zero-order valence-corrected chi connectivity index (χ0v) is 12.6. The normalized spacial score (nSPS) is 24.8. The number of nitrogens with zero attached hydrogens (tertiary/aromatic N) is 1. The molecule has 0 N–H and O–H groups in total. The maximum Gasteiger partial charge on any atom is 0.410 e. The van der Waals surface area contributed by atoms with E-state index in [0.29, 0.717) is 0 Å². The maximum absolute atomic E-state index is 12.0. The smallest absolute Gasteiger partial charge is 0.410 e. The van der Waals surface area contributed by atoms with Crippen LogP contribution in [0.15, 0.2) is 12.7 Å². The van der Waals surface area contributed by atoms with Crippen LogP contribution in [0.4, 0.5) is 4.79 Å². The molecule has 0 aromatic rings. The Hall–Kier alpha value is -0.120. The van der Waals surface area contributed by atoms with E-state index in [1.807, 2.05) is 13.0 Å². The zero-order valence-electron chi connectivity index (χ0n) is 10.4. The van der Waals surface area contributed by atoms with E-state index >= 15 is 0 Å². The molecule has 1 fully saturated rings. The number of likely N-dealkylation sites (tertiary alicyclic amines) is 1. The van der Waals surface area contributed by atoms with Crippen molar-refractivity contribution in [1.82, 2.24) is 4.90 Å². The van der Waals surface area contributed by atoms with Gasteiger partial charge in [-0.15, -0.1) is 6.58 Å². The van der Waals surface area contributed by atoms with Gasteiger partial charge in [-0.05, 0) is 32.6 Å². The fourth-order valence-corrected chi connectivity index (χ4v) is 2.42. The summed E-state index contributed by atoms with van der Waals surface area (Å²) in [6.07, 6.45) is 5.19. The molecule has 0 aromatic carbocycles. The number of amides is 1. The molecule has 18 heavy (non-hydrogen) atoms. The minimum atomic E-state index is -1.57. The molecule has 0 spiro atoms. The molecule has 1 saturated heterocycles. The lowest BCUT2D eigenvalue weighted by atomic mass is 9.95. The molecule has 1 amide bonds. The van der Waals surface area contributed by atoms with Crippen LogP contribution in [0.1, 0.15) is 32.6 Å². The molecule has 1 rings (SSSR count). The summed E-state index contributed by atoms with van der Waals surface area (Å²) in [6, 6.07) is 0.278. The average Bonchev–Trinajstić information content (AvgIpc) is 2.26. The van der Waals surface area contributed by atoms with Crippen LogP contribution in [-0.4, -0.2) is 33.5 Å². The number of piperidine rings is 1. The summed E-state index contributed by atoms with van der Waals surface area (Å²) < 4.78 is 3.48. The minimum Gasteiger partial charge on any atom is -0.445 e. The Kier molecular flexibility index (Phi) is 6.09. The highest BCUT2D eigenvalue weighted by atomic mass is 35.6. The number of alkyl halides is 3. The highest BCUT2D eigenvalue weighted by Gasteiger charge is 2.33. The monoisotopic (exact) mass is 313 g/mol. The van der Waals surface area contributed by atoms with E-state index in [0.717, 1.165) is 25.7 Å². The molecule has 2 atom stereocenters. The molecule has 0 saturated carbocycles. The van der Waals surface area contributed by atoms with Gasteiger partial charge in [0.2, 0.25) is 3.79 Å². The van der Waals surface area contributed by atoms with E-state index in [4.69, 9.17) is 39.5 Å². The third-order valence-electron chi connectivity index (χ3n) is 3.04. The number of hydrogen-bond acceptors (Lipinski definition) is 2. The van der Waals surface area contributed by atoms with Crippen LogP contribution >= 0.6 is 34.8 Å². The molecule has 1 aliphatic rings. The predicted molar refractivity (Wildman–Crippen MR) is 75.4 cm³/mol. The van der Waals surface area contributed by atoms with Crippen LogP contribution in [0, 0.1) is 0 Å². The first-order valence-electron chi connectivity index (χ1n) is 5.98. The van der Waals surface area contributed by atoms with Gasteiger partial charge < -0.3 is 9.64 Å². The first kappa shape index (κ1) is 15.9. The Balaban J connectivity index is 2.63. The molecule has 0 unspecified atom stereocenters. The quantitative estimate of drug-likeness (QED) is 0.574. The zero-order chi connectivity index (χ0) is 13.8. The number of carbonyl (C=O) groups is 1. The largest absolute Gasteiger partial charge is 0.445 e. The van der Waals surface area contributed by atoms with Crippen LogP contribution < -0.4 is 0 Å². The van der Waals surface area contributed by atoms with Gasteiger partial charge in [-0.1, -0.05) is 40.9 Å². The van der Waals surface area contributed by atoms with Crippen molar-refractivity contribution in [2.45, 2.75) is 48.5 Å². The summed E-state index contributed by atoms with van der Waals surface area (Å²) in [7, 11) is 0. The summed E-state index contributed by atoms with van der Waals surface area (Å²) in [5.74, 6) is 0. The Bertz CT molecular complexity index is 304. The number of halogens is 3. The number of rotatable bonds is 3. The van der Waals surface area contributed by atoms with Gasteiger partial charge in [0.25, 0.3) is 0 Å². The fourth-order valence-electron chi connectivity index (χ4n) is 2.26. The summed E-state index contributed by atoms with van der Waals surface area (Å²) in [4.78, 5) is 13.8.